The average Bonchev–Trinajstić information content (AvgIpc) is 2.75. The molecule has 0 aromatic carbocycles. The zero-order chi connectivity index (χ0) is 26.3. The highest BCUT2D eigenvalue weighted by molar-refractivity contribution is 7.98. The molecule has 0 fully saturated rings. The van der Waals surface area contributed by atoms with Crippen LogP contribution in [0.5, 0.6) is 0 Å². The van der Waals surface area contributed by atoms with Crippen LogP contribution in [-0.4, -0.2) is 88.6 Å². The van der Waals surface area contributed by atoms with Gasteiger partial charge in [-0.15, -0.1) is 0 Å². The molecule has 3 amide bonds. The van der Waals surface area contributed by atoms with E-state index in [1.165, 1.54) is 18.7 Å². The molecule has 0 saturated heterocycles. The topological polar surface area (TPSA) is 252 Å². The lowest BCUT2D eigenvalue weighted by Crippen LogP contribution is -2.57. The van der Waals surface area contributed by atoms with Gasteiger partial charge in [-0.1, -0.05) is 0 Å². The van der Waals surface area contributed by atoms with Gasteiger partial charge in [-0.3, -0.25) is 29.0 Å². The Morgan fingerprint density at radius 3 is 2.00 bits per heavy atom. The zero-order valence-corrected chi connectivity index (χ0v) is 20.1. The number of amides is 3. The summed E-state index contributed by atoms with van der Waals surface area (Å²) in [6, 6.07) is -4.57. The average molecular weight is 506 g/mol. The maximum absolute atomic E-state index is 12.9. The number of carboxylic acids is 2. The Labute approximate surface area is 201 Å². The molecule has 34 heavy (non-hydrogen) atoms. The second-order valence-corrected chi connectivity index (χ2v) is 8.45. The maximum atomic E-state index is 12.9. The molecule has 0 rings (SSSR count). The van der Waals surface area contributed by atoms with Crippen molar-refractivity contribution in [2.75, 3.05) is 18.6 Å². The number of aliphatic imine (C=N–C) groups is 1. The number of nitrogens with zero attached hydrogens (tertiary/aromatic N) is 1. The zero-order valence-electron chi connectivity index (χ0n) is 19.3. The van der Waals surface area contributed by atoms with Crippen molar-refractivity contribution in [2.24, 2.45) is 22.2 Å². The minimum atomic E-state index is -1.34. The molecular formula is C19H35N7O7S. The molecule has 0 saturated carbocycles. The van der Waals surface area contributed by atoms with Crippen LogP contribution in [-0.2, 0) is 24.0 Å². The van der Waals surface area contributed by atoms with Crippen LogP contribution < -0.4 is 33.2 Å². The van der Waals surface area contributed by atoms with E-state index < -0.39 is 60.2 Å². The van der Waals surface area contributed by atoms with Crippen LogP contribution in [0, 0.1) is 0 Å². The lowest BCUT2D eigenvalue weighted by molar-refractivity contribution is -0.142. The predicted octanol–water partition coefficient (Wildman–Crippen LogP) is -2.46. The SMILES string of the molecule is CSCCC(N)C(=O)NC(CCCN=C(N)N)C(=O)NC(CCC(=O)O)C(=O)NC(C)C(=O)O. The molecule has 4 unspecified atom stereocenters. The van der Waals surface area contributed by atoms with Crippen molar-refractivity contribution in [1.29, 1.82) is 0 Å². The number of nitrogens with one attached hydrogen (secondary N) is 3. The van der Waals surface area contributed by atoms with Gasteiger partial charge in [0.25, 0.3) is 0 Å². The van der Waals surface area contributed by atoms with Crippen molar-refractivity contribution in [2.45, 2.75) is 63.2 Å². The van der Waals surface area contributed by atoms with Crippen molar-refractivity contribution in [3.8, 4) is 0 Å². The van der Waals surface area contributed by atoms with Gasteiger partial charge < -0.3 is 43.4 Å². The Morgan fingerprint density at radius 1 is 0.912 bits per heavy atom. The number of guanidine groups is 1. The molecule has 0 aliphatic rings. The number of carbonyl (C=O) groups excluding carboxylic acids is 3. The molecule has 14 nitrogen and oxygen atoms in total. The van der Waals surface area contributed by atoms with Crippen LogP contribution in [0.3, 0.4) is 0 Å². The van der Waals surface area contributed by atoms with E-state index in [0.29, 0.717) is 18.6 Å². The molecule has 0 aliphatic heterocycles. The van der Waals surface area contributed by atoms with E-state index in [4.69, 9.17) is 27.4 Å². The summed E-state index contributed by atoms with van der Waals surface area (Å²) in [7, 11) is 0. The molecule has 0 aliphatic carbocycles. The highest BCUT2D eigenvalue weighted by Crippen LogP contribution is 2.05. The van der Waals surface area contributed by atoms with Crippen LogP contribution in [0.25, 0.3) is 0 Å². The Bertz CT molecular complexity index is 747. The fourth-order valence-electron chi connectivity index (χ4n) is 2.61. The number of carboxylic acid groups (broad SMARTS) is 2. The Morgan fingerprint density at radius 2 is 1.47 bits per heavy atom. The van der Waals surface area contributed by atoms with Crippen LogP contribution in [0.4, 0.5) is 0 Å². The van der Waals surface area contributed by atoms with Crippen LogP contribution in [0.2, 0.25) is 0 Å². The fourth-order valence-corrected chi connectivity index (χ4v) is 3.10. The highest BCUT2D eigenvalue weighted by Gasteiger charge is 2.29. The third-order valence-electron chi connectivity index (χ3n) is 4.56. The first-order chi connectivity index (χ1) is 15.9. The number of rotatable bonds is 17. The van der Waals surface area contributed by atoms with E-state index in [9.17, 15) is 24.0 Å². The van der Waals surface area contributed by atoms with E-state index >= 15 is 0 Å². The smallest absolute Gasteiger partial charge is 0.325 e. The summed E-state index contributed by atoms with van der Waals surface area (Å²) in [6.45, 7) is 1.40. The second kappa shape index (κ2) is 16.5. The molecule has 4 atom stereocenters. The summed E-state index contributed by atoms with van der Waals surface area (Å²) in [6.07, 6.45) is 1.90. The minimum absolute atomic E-state index is 0.0996. The van der Waals surface area contributed by atoms with Gasteiger partial charge in [-0.05, 0) is 44.6 Å². The minimum Gasteiger partial charge on any atom is -0.481 e. The lowest BCUT2D eigenvalue weighted by atomic mass is 10.1. The van der Waals surface area contributed by atoms with Crippen LogP contribution >= 0.6 is 11.8 Å². The van der Waals surface area contributed by atoms with Gasteiger partial charge in [-0.25, -0.2) is 0 Å². The van der Waals surface area contributed by atoms with Crippen molar-refractivity contribution in [3.63, 3.8) is 0 Å². The van der Waals surface area contributed by atoms with Crippen LogP contribution in [0.1, 0.15) is 39.0 Å². The number of nitrogens with two attached hydrogens (primary N) is 3. The molecule has 0 heterocycles. The van der Waals surface area contributed by atoms with Gasteiger partial charge in [0, 0.05) is 13.0 Å². The first-order valence-corrected chi connectivity index (χ1v) is 11.9. The molecule has 194 valence electrons. The van der Waals surface area contributed by atoms with Gasteiger partial charge in [0.15, 0.2) is 5.96 Å². The number of aliphatic carboxylic acids is 2. The molecule has 11 N–H and O–H groups in total. The van der Waals surface area contributed by atoms with Gasteiger partial charge in [0.05, 0.1) is 6.04 Å². The summed E-state index contributed by atoms with van der Waals surface area (Å²) < 4.78 is 0. The van der Waals surface area contributed by atoms with E-state index in [1.807, 2.05) is 6.26 Å². The summed E-state index contributed by atoms with van der Waals surface area (Å²) in [5.74, 6) is -4.21. The third kappa shape index (κ3) is 13.5. The molecule has 0 spiro atoms. The largest absolute Gasteiger partial charge is 0.481 e. The normalized spacial score (nSPS) is 14.1. The summed E-state index contributed by atoms with van der Waals surface area (Å²) in [5.41, 5.74) is 16.4. The van der Waals surface area contributed by atoms with Gasteiger partial charge in [0.2, 0.25) is 17.7 Å². The summed E-state index contributed by atoms with van der Waals surface area (Å²) in [4.78, 5) is 63.6. The molecule has 0 aromatic heterocycles. The Kier molecular flexibility index (Phi) is 15.0. The van der Waals surface area contributed by atoms with Crippen molar-refractivity contribution < 1.29 is 34.2 Å². The van der Waals surface area contributed by atoms with E-state index in [2.05, 4.69) is 20.9 Å². The molecule has 0 bridgehead atoms. The fraction of sp³-hybridized carbons (Fsp3) is 0.684. The summed E-state index contributed by atoms with van der Waals surface area (Å²) in [5, 5.41) is 25.1. The van der Waals surface area contributed by atoms with E-state index in [-0.39, 0.29) is 25.3 Å². The summed E-state index contributed by atoms with van der Waals surface area (Å²) >= 11 is 1.51. The van der Waals surface area contributed by atoms with Gasteiger partial charge in [0.1, 0.15) is 18.1 Å². The number of hydrogen-bond acceptors (Lipinski definition) is 8. The quantitative estimate of drug-likeness (QED) is 0.0584. The molecule has 0 aromatic rings. The highest BCUT2D eigenvalue weighted by atomic mass is 32.2. The molecule has 0 radical (unpaired) electrons. The molecular weight excluding hydrogens is 470 g/mol. The Balaban J connectivity index is 5.47. The molecule has 15 heteroatoms. The van der Waals surface area contributed by atoms with Crippen LogP contribution in [0.15, 0.2) is 4.99 Å². The van der Waals surface area contributed by atoms with Gasteiger partial charge in [-0.2, -0.15) is 11.8 Å². The lowest BCUT2D eigenvalue weighted by Gasteiger charge is -2.24. The number of thioether (sulfide) groups is 1. The Hall–Kier alpha value is -3.07. The van der Waals surface area contributed by atoms with Crippen molar-refractivity contribution >= 4 is 47.4 Å². The van der Waals surface area contributed by atoms with Crippen molar-refractivity contribution in [1.82, 2.24) is 16.0 Å². The second-order valence-electron chi connectivity index (χ2n) is 7.46. The first-order valence-electron chi connectivity index (χ1n) is 10.5. The maximum Gasteiger partial charge on any atom is 0.325 e. The monoisotopic (exact) mass is 505 g/mol. The first kappa shape index (κ1) is 30.9. The van der Waals surface area contributed by atoms with Crippen molar-refractivity contribution in [3.05, 3.63) is 0 Å². The predicted molar refractivity (Wildman–Crippen MR) is 127 cm³/mol. The third-order valence-corrected chi connectivity index (χ3v) is 5.20. The van der Waals surface area contributed by atoms with E-state index in [1.54, 1.807) is 0 Å². The standard InChI is InChI=1S/C19H35N7O7S/c1-10(18(32)33)24-16(30)13(5-6-14(27)28)26-17(31)12(4-3-8-23-19(21)22)25-15(29)11(20)7-9-34-2/h10-13H,3-9,20H2,1-2H3,(H,24,30)(H,25,29)(H,26,31)(H,27,28)(H,32,33)(H4,21,22,23). The van der Waals surface area contributed by atoms with Gasteiger partial charge >= 0.3 is 11.9 Å². The number of carbonyl (C=O) groups is 5. The van der Waals surface area contributed by atoms with E-state index in [0.717, 1.165) is 0 Å². The number of hydrogen-bond donors (Lipinski definition) is 8.